The van der Waals surface area contributed by atoms with Crippen LogP contribution in [0.1, 0.15) is 67.2 Å². The van der Waals surface area contributed by atoms with Gasteiger partial charge < -0.3 is 263 Å². The van der Waals surface area contributed by atoms with E-state index < -0.39 is 445 Å². The Bertz CT molecular complexity index is 3780. The lowest BCUT2D eigenvalue weighted by Crippen LogP contribution is -2.67. The van der Waals surface area contributed by atoms with Gasteiger partial charge in [-0.25, -0.2) is 0 Å². The van der Waals surface area contributed by atoms with Gasteiger partial charge in [0.1, 0.15) is 183 Å². The molecule has 10 aliphatic heterocycles. The number of rotatable bonds is 42. The Hall–Kier alpha value is -3.96. The molecular formula is C81H136N2O56. The molecule has 10 saturated heterocycles. The van der Waals surface area contributed by atoms with Crippen LogP contribution < -0.4 is 11.1 Å². The zero-order valence-corrected chi connectivity index (χ0v) is 75.9. The first-order valence-electron chi connectivity index (χ1n) is 45.4. The molecule has 0 radical (unpaired) electrons. The average molecular weight is 2030 g/mol. The summed E-state index contributed by atoms with van der Waals surface area (Å²) in [6, 6.07) is -1.21. The largest absolute Gasteiger partial charge is 0.410 e. The maximum Gasteiger partial charge on any atom is 0.334 e. The molecular weight excluding hydrogens is 1900 g/mol. The van der Waals surface area contributed by atoms with Crippen LogP contribution in [0.3, 0.4) is 0 Å². The van der Waals surface area contributed by atoms with Gasteiger partial charge >= 0.3 is 11.9 Å². The van der Waals surface area contributed by atoms with Crippen LogP contribution in [0, 0.1) is 41.4 Å². The number of aldehydes is 1. The third-order valence-corrected chi connectivity index (χ3v) is 27.8. The second-order valence-electron chi connectivity index (χ2n) is 37.0. The van der Waals surface area contributed by atoms with Crippen molar-refractivity contribution in [2.24, 2.45) is 47.2 Å². The molecule has 806 valence electrons. The molecule has 57 atom stereocenters. The zero-order chi connectivity index (χ0) is 103. The number of aliphatic hydroxyl groups is 30. The maximum absolute atomic E-state index is 12.8. The normalized spacial score (nSPS) is 50.0. The van der Waals surface area contributed by atoms with Crippen molar-refractivity contribution in [1.82, 2.24) is 5.32 Å². The lowest BCUT2D eigenvalue weighted by Gasteiger charge is -2.51. The van der Waals surface area contributed by atoms with Crippen molar-refractivity contribution < 1.29 is 277 Å². The minimum Gasteiger partial charge on any atom is -0.410 e. The topological polar surface area (TPSA) is 916 Å². The molecule has 33 N–H and O–H groups in total. The van der Waals surface area contributed by atoms with Crippen LogP contribution in [0.5, 0.6) is 0 Å². The molecule has 11 rings (SSSR count). The van der Waals surface area contributed by atoms with E-state index in [1.165, 1.54) is 41.5 Å². The molecule has 11 fully saturated rings. The van der Waals surface area contributed by atoms with Crippen molar-refractivity contribution in [3.05, 3.63) is 0 Å². The number of ether oxygens (including phenoxy) is 22. The number of nitrogens with one attached hydrogen (secondary N) is 1. The molecule has 0 bridgehead atoms. The van der Waals surface area contributed by atoms with Crippen molar-refractivity contribution >= 4 is 25.1 Å². The fourth-order valence-electron chi connectivity index (χ4n) is 19.0. The van der Waals surface area contributed by atoms with E-state index in [0.717, 1.165) is 0 Å². The number of carbonyl (C=O) groups is 4. The van der Waals surface area contributed by atoms with E-state index in [1.54, 1.807) is 0 Å². The summed E-state index contributed by atoms with van der Waals surface area (Å²) in [6.07, 6.45) is -93.3. The molecule has 0 spiro atoms. The molecule has 0 aromatic carbocycles. The van der Waals surface area contributed by atoms with Gasteiger partial charge in [-0.2, -0.15) is 0 Å². The SMILES string of the molecule is CC1C(N[C@H](C=O)CC(N)=O)OC(CO)C(OC2OC(CO)C(OC3OC(COC4OC(CO)C(O)C(O)C4OC4OC(CO)C(OC5OC(COC6(OC=O)CC(O)C(C)C(O)(C(O)CO)O6)C(O)C(O)C5O)C(O)C4C)C(O)C(OC4CC(CO)C(O)C(O)C4OC4OC(CO)C(OC5OC(O)C(OC6(OC=O)CC(O)C(C)C(C(O)C(O)CO)O6)C(O)C5O)C(O)C4C)C3O)C(O)C2C)C1O. The molecule has 10 heterocycles. The van der Waals surface area contributed by atoms with Crippen LogP contribution in [0.2, 0.25) is 0 Å². The predicted octanol–water partition coefficient (Wildman–Crippen LogP) is -19.2. The van der Waals surface area contributed by atoms with Crippen LogP contribution in [-0.2, 0) is 123 Å². The summed E-state index contributed by atoms with van der Waals surface area (Å²) in [5.41, 5.74) is 5.31. The maximum atomic E-state index is 12.8. The average Bonchev–Trinajstić information content (AvgIpc) is 0.775. The third kappa shape index (κ3) is 24.8. The highest BCUT2D eigenvalue weighted by molar-refractivity contribution is 5.78. The molecule has 11 aliphatic rings. The molecule has 0 aromatic heterocycles. The summed E-state index contributed by atoms with van der Waals surface area (Å²) in [7, 11) is 0. The highest BCUT2D eigenvalue weighted by Crippen LogP contribution is 2.47. The van der Waals surface area contributed by atoms with E-state index >= 15 is 0 Å². The zero-order valence-electron chi connectivity index (χ0n) is 75.9. The lowest BCUT2D eigenvalue weighted by molar-refractivity contribution is -0.483. The van der Waals surface area contributed by atoms with Gasteiger partial charge in [0.15, 0.2) is 50.3 Å². The molecule has 1 aliphatic carbocycles. The van der Waals surface area contributed by atoms with Crippen molar-refractivity contribution in [1.29, 1.82) is 0 Å². The van der Waals surface area contributed by atoms with E-state index in [2.05, 4.69) is 5.32 Å². The first-order chi connectivity index (χ1) is 65.7. The smallest absolute Gasteiger partial charge is 0.334 e. The standard InChI is InChI=1S/C81H136N2O56/c1-24-32(95)9-80(121-23-94,137-61(24)50(105)34(97)13-86)138-68-57(112)59(114)76(136-71(68)116)133-65-39(17-90)125-72(26(3)46(65)101)130-62-35(7-30(11-84)49(104)55(62)110)122-67-53(108)41(128-77(60(67)115)134-66-40(18-91)126-73(27(4)47(66)102)131-63-37(15-88)123-70(25(2)45(63)100)83-31(12-85)8-44(82)99)20-118-78-69(56(111)51(106)36(14-87)124-78)135-74-28(5)48(103)64(38(16-89)127-74)132-75-58(113)54(109)52(107)42(129-75)21-119-79(120-22-93)10-33(96)29(6)81(117,139-79)43(98)19-92/h12,22-43,45-78,83-84,86-92,95-98,100-117H,7-11,13-21H2,1-6H3,(H2,82,99)/t24?,25?,26?,27?,28?,29?,30?,31-,32?,33?,34?,35?,36?,37?,38?,39?,40?,41?,42?,43?,45?,46?,47?,48?,49?,50?,51?,52?,53?,54?,55?,56?,57?,58?,59?,60?,61?,62?,63?,64?,65?,66?,67?,68?,69?,70?,71?,72?,73?,74?,75?,76?,77?,78?,79?,80?,81?/m0/s1. The van der Waals surface area contributed by atoms with E-state index in [0.29, 0.717) is 6.29 Å². The number of hydrogen-bond acceptors (Lipinski definition) is 57. The van der Waals surface area contributed by atoms with Crippen molar-refractivity contribution in [3.63, 3.8) is 0 Å². The van der Waals surface area contributed by atoms with Gasteiger partial charge in [-0.05, 0) is 6.42 Å². The summed E-state index contributed by atoms with van der Waals surface area (Å²) >= 11 is 0. The number of aliphatic hydroxyl groups excluding tert-OH is 29. The fourth-order valence-corrected chi connectivity index (χ4v) is 19.0. The van der Waals surface area contributed by atoms with Crippen molar-refractivity contribution in [2.45, 2.75) is 373 Å². The van der Waals surface area contributed by atoms with Crippen LogP contribution >= 0.6 is 0 Å². The van der Waals surface area contributed by atoms with Gasteiger partial charge in [-0.3, -0.25) is 24.4 Å². The van der Waals surface area contributed by atoms with Gasteiger partial charge in [-0.1, -0.05) is 41.5 Å². The van der Waals surface area contributed by atoms with E-state index in [4.69, 9.17) is 110 Å². The molecule has 1 saturated carbocycles. The molecule has 1 amide bonds. The molecule has 56 unspecified atom stereocenters. The monoisotopic (exact) mass is 2030 g/mol. The highest BCUT2D eigenvalue weighted by Gasteiger charge is 2.65. The predicted molar refractivity (Wildman–Crippen MR) is 433 cm³/mol. The number of primary amides is 1. The van der Waals surface area contributed by atoms with E-state index in [9.17, 15) is 172 Å². The molecule has 0 aromatic rings. The van der Waals surface area contributed by atoms with Gasteiger partial charge in [-0.15, -0.1) is 0 Å². The molecule has 58 heteroatoms. The fraction of sp³-hybridized carbons (Fsp3) is 0.951. The summed E-state index contributed by atoms with van der Waals surface area (Å²) < 4.78 is 130. The molecule has 58 nitrogen and oxygen atoms in total. The van der Waals surface area contributed by atoms with E-state index in [1.807, 2.05) is 0 Å². The minimum atomic E-state index is -2.87. The highest BCUT2D eigenvalue weighted by atomic mass is 16.9. The van der Waals surface area contributed by atoms with Crippen LogP contribution in [-0.4, -0.2) is 551 Å². The van der Waals surface area contributed by atoms with E-state index in [-0.39, 0.29) is 12.9 Å². The Morgan fingerprint density at radius 3 is 1.36 bits per heavy atom. The number of carbonyl (C=O) groups excluding carboxylic acids is 4. The van der Waals surface area contributed by atoms with Crippen molar-refractivity contribution in [2.75, 3.05) is 66.1 Å². The second-order valence-corrected chi connectivity index (χ2v) is 37.0. The van der Waals surface area contributed by atoms with Crippen LogP contribution in [0.15, 0.2) is 0 Å². The van der Waals surface area contributed by atoms with Gasteiger partial charge in [0.2, 0.25) is 11.7 Å². The molecule has 139 heavy (non-hydrogen) atoms. The Balaban J connectivity index is 0.837. The first-order valence-corrected chi connectivity index (χ1v) is 45.4. The number of hydrogen-bond donors (Lipinski definition) is 32. The van der Waals surface area contributed by atoms with Crippen molar-refractivity contribution in [3.8, 4) is 0 Å². The Kier molecular flexibility index (Phi) is 41.0. The summed E-state index contributed by atoms with van der Waals surface area (Å²) in [5, 5.41) is 341. The Labute approximate surface area is 791 Å². The lowest BCUT2D eigenvalue weighted by atomic mass is 9.80. The number of amides is 1. The minimum absolute atomic E-state index is 0.235. The van der Waals surface area contributed by atoms with Gasteiger partial charge in [0, 0.05) is 54.5 Å². The Morgan fingerprint density at radius 2 is 0.856 bits per heavy atom. The van der Waals surface area contributed by atoms with Crippen LogP contribution in [0.25, 0.3) is 0 Å². The first kappa shape index (κ1) is 115. The Morgan fingerprint density at radius 1 is 0.417 bits per heavy atom. The quantitative estimate of drug-likeness (QED) is 0.0199. The summed E-state index contributed by atoms with van der Waals surface area (Å²) in [5.74, 6) is -18.5. The summed E-state index contributed by atoms with van der Waals surface area (Å²) in [6.45, 7) is -3.19. The second kappa shape index (κ2) is 49.4. The van der Waals surface area contributed by atoms with Gasteiger partial charge in [0.05, 0.1) is 133 Å². The third-order valence-electron chi connectivity index (χ3n) is 27.8. The summed E-state index contributed by atoms with van der Waals surface area (Å²) in [4.78, 5) is 47.4. The van der Waals surface area contributed by atoms with Crippen LogP contribution in [0.4, 0.5) is 0 Å². The number of nitrogens with two attached hydrogens (primary N) is 1. The van der Waals surface area contributed by atoms with Gasteiger partial charge in [0.25, 0.3) is 12.9 Å².